The number of nitrogens with zero attached hydrogens (tertiary/aromatic N) is 3. The number of H-pyrrole nitrogens is 1. The van der Waals surface area contributed by atoms with Gasteiger partial charge in [-0.05, 0) is 23.8 Å². The first-order chi connectivity index (χ1) is 16.4. The number of hydrogen-bond acceptors (Lipinski definition) is 4. The van der Waals surface area contributed by atoms with Gasteiger partial charge in [0.1, 0.15) is 5.82 Å². The molecule has 2 aromatic heterocycles. The molecule has 0 aliphatic heterocycles. The number of unbranched alkanes of at least 4 members (excludes halogenated alkanes) is 1. The Hall–Kier alpha value is -3.68. The fraction of sp³-hybridized carbons (Fsp3) is 0.385. The van der Waals surface area contributed by atoms with Crippen molar-refractivity contribution in [2.45, 2.75) is 59.5 Å². The number of fused-ring (bicyclic) bond motifs is 2. The number of carbonyl (C=O) groups excluding carboxylic acids is 1. The first-order valence-electron chi connectivity index (χ1n) is 11.9. The fourth-order valence-corrected chi connectivity index (χ4v) is 4.27. The summed E-state index contributed by atoms with van der Waals surface area (Å²) in [6.45, 7) is 7.23. The van der Waals surface area contributed by atoms with Crippen LogP contribution in [0.4, 0.5) is 5.69 Å². The molecule has 4 rings (SSSR count). The number of hydrogen-bond donors (Lipinski definition) is 2. The van der Waals surface area contributed by atoms with Gasteiger partial charge in [0.25, 0.3) is 5.56 Å². The van der Waals surface area contributed by atoms with Gasteiger partial charge < -0.3 is 9.88 Å². The van der Waals surface area contributed by atoms with Gasteiger partial charge in [-0.1, -0.05) is 63.6 Å². The van der Waals surface area contributed by atoms with Crippen LogP contribution in [0.3, 0.4) is 0 Å². The number of nitrogens with one attached hydrogen (secondary N) is 2. The lowest BCUT2D eigenvalue weighted by atomic mass is 10.1. The molecule has 0 unspecified atom stereocenters. The number of aromatic nitrogens is 4. The smallest absolute Gasteiger partial charge is 0.326 e. The molecule has 0 radical (unpaired) electrons. The lowest BCUT2D eigenvalue weighted by Crippen LogP contribution is -2.31. The summed E-state index contributed by atoms with van der Waals surface area (Å²) in [6, 6.07) is 13.7. The first-order valence-corrected chi connectivity index (χ1v) is 11.9. The Morgan fingerprint density at radius 3 is 2.62 bits per heavy atom. The molecule has 34 heavy (non-hydrogen) atoms. The van der Waals surface area contributed by atoms with Crippen LogP contribution in [0.5, 0.6) is 0 Å². The molecule has 0 aliphatic carbocycles. The first kappa shape index (κ1) is 23.5. The summed E-state index contributed by atoms with van der Waals surface area (Å²) in [6.07, 6.45) is 2.29. The normalized spacial score (nSPS) is 11.5. The lowest BCUT2D eigenvalue weighted by molar-refractivity contribution is -0.116. The summed E-state index contributed by atoms with van der Waals surface area (Å²) in [5.74, 6) is 0.769. The van der Waals surface area contributed by atoms with Crippen molar-refractivity contribution in [2.75, 3.05) is 5.32 Å². The summed E-state index contributed by atoms with van der Waals surface area (Å²) < 4.78 is 3.41. The van der Waals surface area contributed by atoms with Crippen molar-refractivity contribution >= 4 is 33.5 Å². The summed E-state index contributed by atoms with van der Waals surface area (Å²) in [7, 11) is 0. The minimum absolute atomic E-state index is 0.128. The number of benzene rings is 2. The van der Waals surface area contributed by atoms with Crippen LogP contribution in [-0.2, 0) is 24.3 Å². The van der Waals surface area contributed by atoms with Gasteiger partial charge in [0, 0.05) is 37.0 Å². The average molecular weight is 462 g/mol. The number of imidazole rings is 1. The third-order valence-corrected chi connectivity index (χ3v) is 5.89. The highest BCUT2D eigenvalue weighted by molar-refractivity contribution is 6.02. The second-order valence-electron chi connectivity index (χ2n) is 9.04. The van der Waals surface area contributed by atoms with Crippen LogP contribution in [0.1, 0.15) is 45.9 Å². The summed E-state index contributed by atoms with van der Waals surface area (Å²) >= 11 is 0. The maximum absolute atomic E-state index is 12.8. The van der Waals surface area contributed by atoms with E-state index in [1.165, 1.54) is 4.57 Å². The van der Waals surface area contributed by atoms with E-state index in [2.05, 4.69) is 24.1 Å². The van der Waals surface area contributed by atoms with Crippen LogP contribution in [0.25, 0.3) is 21.9 Å². The van der Waals surface area contributed by atoms with Gasteiger partial charge in [-0.3, -0.25) is 19.1 Å². The molecular weight excluding hydrogens is 430 g/mol. The van der Waals surface area contributed by atoms with E-state index >= 15 is 0 Å². The van der Waals surface area contributed by atoms with E-state index in [9.17, 15) is 14.4 Å². The van der Waals surface area contributed by atoms with E-state index < -0.39 is 11.2 Å². The minimum Gasteiger partial charge on any atom is -0.326 e. The number of anilines is 1. The number of aryl methyl sites for hydroxylation is 2. The highest BCUT2D eigenvalue weighted by Crippen LogP contribution is 2.23. The van der Waals surface area contributed by atoms with Gasteiger partial charge in [0.15, 0.2) is 11.2 Å². The van der Waals surface area contributed by atoms with Crippen LogP contribution < -0.4 is 16.6 Å². The second-order valence-corrected chi connectivity index (χ2v) is 9.04. The van der Waals surface area contributed by atoms with Crippen LogP contribution in [0.15, 0.2) is 52.1 Å². The van der Waals surface area contributed by atoms with Crippen LogP contribution in [-0.4, -0.2) is 25.0 Å². The molecule has 0 bridgehead atoms. The maximum Gasteiger partial charge on any atom is 0.330 e. The molecule has 0 atom stereocenters. The van der Waals surface area contributed by atoms with E-state index in [0.717, 1.165) is 29.3 Å². The second kappa shape index (κ2) is 10.1. The van der Waals surface area contributed by atoms with Crippen LogP contribution in [0.2, 0.25) is 0 Å². The van der Waals surface area contributed by atoms with Crippen molar-refractivity contribution in [1.82, 2.24) is 19.1 Å². The molecule has 2 N–H and O–H groups in total. The molecule has 2 heterocycles. The standard InChI is InChI=1S/C26H31N5O3/c1-4-5-15-30-24-23(25(33)29-26(30)34)31(16-17(2)3)21(28-24)13-14-22(32)27-20-12-8-10-18-9-6-7-11-19(18)20/h6-12,17H,4-5,13-16H2,1-3H3,(H,27,32)(H,29,33,34). The Labute approximate surface area is 197 Å². The minimum atomic E-state index is -0.444. The van der Waals surface area contributed by atoms with Gasteiger partial charge in [0.2, 0.25) is 5.91 Å². The van der Waals surface area contributed by atoms with Crippen LogP contribution >= 0.6 is 0 Å². The van der Waals surface area contributed by atoms with Crippen molar-refractivity contribution in [3.8, 4) is 0 Å². The zero-order valence-electron chi connectivity index (χ0n) is 19.9. The average Bonchev–Trinajstić information content (AvgIpc) is 3.15. The zero-order valence-corrected chi connectivity index (χ0v) is 19.9. The number of amides is 1. The highest BCUT2D eigenvalue weighted by atomic mass is 16.2. The number of rotatable bonds is 9. The highest BCUT2D eigenvalue weighted by Gasteiger charge is 2.20. The largest absolute Gasteiger partial charge is 0.330 e. The van der Waals surface area contributed by atoms with E-state index in [1.807, 2.05) is 54.0 Å². The third kappa shape index (κ3) is 4.81. The number of carbonyl (C=O) groups is 1. The van der Waals surface area contributed by atoms with Gasteiger partial charge >= 0.3 is 5.69 Å². The molecule has 1 amide bonds. The van der Waals surface area contributed by atoms with Crippen molar-refractivity contribution < 1.29 is 4.79 Å². The topological polar surface area (TPSA) is 102 Å². The fourth-order valence-electron chi connectivity index (χ4n) is 4.27. The number of aromatic amines is 1. The van der Waals surface area contributed by atoms with Crippen molar-refractivity contribution in [3.63, 3.8) is 0 Å². The van der Waals surface area contributed by atoms with E-state index in [4.69, 9.17) is 4.98 Å². The zero-order chi connectivity index (χ0) is 24.2. The SMILES string of the molecule is CCCCn1c(=O)[nH]c(=O)c2c1nc(CCC(=O)Nc1cccc3ccccc13)n2CC(C)C. The van der Waals surface area contributed by atoms with Crippen LogP contribution in [0, 0.1) is 5.92 Å². The Balaban J connectivity index is 1.64. The third-order valence-electron chi connectivity index (χ3n) is 5.89. The van der Waals surface area contributed by atoms with E-state index in [-0.39, 0.29) is 18.2 Å². The molecule has 0 saturated heterocycles. The summed E-state index contributed by atoms with van der Waals surface area (Å²) in [5, 5.41) is 5.05. The predicted octanol–water partition coefficient (Wildman–Crippen LogP) is 4.07. The monoisotopic (exact) mass is 461 g/mol. The summed E-state index contributed by atoms with van der Waals surface area (Å²) in [4.78, 5) is 45.2. The summed E-state index contributed by atoms with van der Waals surface area (Å²) in [5.41, 5.74) is 0.678. The van der Waals surface area contributed by atoms with Gasteiger partial charge in [0.05, 0.1) is 0 Å². The molecule has 4 aromatic rings. The van der Waals surface area contributed by atoms with Crippen molar-refractivity contribution in [2.24, 2.45) is 5.92 Å². The van der Waals surface area contributed by atoms with Gasteiger partial charge in [-0.15, -0.1) is 0 Å². The van der Waals surface area contributed by atoms with E-state index in [1.54, 1.807) is 0 Å². The molecule has 178 valence electrons. The molecule has 0 aliphatic rings. The molecule has 0 spiro atoms. The maximum atomic E-state index is 12.8. The van der Waals surface area contributed by atoms with Crippen molar-refractivity contribution in [1.29, 1.82) is 0 Å². The van der Waals surface area contributed by atoms with Gasteiger partial charge in [-0.25, -0.2) is 9.78 Å². The Morgan fingerprint density at radius 1 is 1.09 bits per heavy atom. The predicted molar refractivity (Wildman–Crippen MR) is 135 cm³/mol. The lowest BCUT2D eigenvalue weighted by Gasteiger charge is -2.12. The Morgan fingerprint density at radius 2 is 1.85 bits per heavy atom. The van der Waals surface area contributed by atoms with E-state index in [0.29, 0.717) is 36.5 Å². The molecule has 0 fully saturated rings. The Kier molecular flexibility index (Phi) is 6.95. The molecular formula is C26H31N5O3. The van der Waals surface area contributed by atoms with Crippen molar-refractivity contribution in [3.05, 3.63) is 69.1 Å². The molecule has 2 aromatic carbocycles. The quantitative estimate of drug-likeness (QED) is 0.392. The van der Waals surface area contributed by atoms with Gasteiger partial charge in [-0.2, -0.15) is 0 Å². The molecule has 8 heteroatoms. The molecule has 8 nitrogen and oxygen atoms in total. The molecule has 0 saturated carbocycles. The Bertz CT molecular complexity index is 1440.